The molecule has 0 radical (unpaired) electrons. The van der Waals surface area contributed by atoms with E-state index in [2.05, 4.69) is 5.32 Å². The topological polar surface area (TPSA) is 55.1 Å². The van der Waals surface area contributed by atoms with E-state index in [1.165, 1.54) is 18.2 Å². The molecule has 0 fully saturated rings. The van der Waals surface area contributed by atoms with Gasteiger partial charge in [-0.1, -0.05) is 13.0 Å². The highest BCUT2D eigenvalue weighted by Crippen LogP contribution is 2.15. The van der Waals surface area contributed by atoms with Crippen LogP contribution in [0.3, 0.4) is 0 Å². The molecule has 0 aliphatic carbocycles. The highest BCUT2D eigenvalue weighted by atomic mass is 19.1. The lowest BCUT2D eigenvalue weighted by molar-refractivity contribution is 0.0940. The van der Waals surface area contributed by atoms with Gasteiger partial charge < -0.3 is 11.1 Å². The van der Waals surface area contributed by atoms with Crippen molar-refractivity contribution in [3.05, 3.63) is 29.6 Å². The number of anilines is 1. The number of halogens is 1. The summed E-state index contributed by atoms with van der Waals surface area (Å²) >= 11 is 0. The highest BCUT2D eigenvalue weighted by molar-refractivity contribution is 5.99. The van der Waals surface area contributed by atoms with Gasteiger partial charge in [0.05, 0.1) is 11.3 Å². The van der Waals surface area contributed by atoms with Gasteiger partial charge in [-0.05, 0) is 25.5 Å². The zero-order valence-electron chi connectivity index (χ0n) is 8.88. The van der Waals surface area contributed by atoms with Crippen LogP contribution in [0.15, 0.2) is 18.2 Å². The number of nitrogen functional groups attached to an aromatic ring is 1. The largest absolute Gasteiger partial charge is 0.396 e. The number of nitrogens with one attached hydrogen (secondary N) is 1. The molecule has 1 amide bonds. The van der Waals surface area contributed by atoms with Gasteiger partial charge in [0.2, 0.25) is 0 Å². The number of carbonyl (C=O) groups excluding carboxylic acids is 1. The molecular formula is C11H15FN2O. The molecule has 82 valence electrons. The van der Waals surface area contributed by atoms with Crippen molar-refractivity contribution in [2.75, 3.05) is 5.73 Å². The van der Waals surface area contributed by atoms with Gasteiger partial charge in [-0.2, -0.15) is 0 Å². The van der Waals surface area contributed by atoms with Gasteiger partial charge in [0.1, 0.15) is 5.82 Å². The number of carbonyl (C=O) groups is 1. The molecule has 0 spiro atoms. The van der Waals surface area contributed by atoms with Gasteiger partial charge in [0.25, 0.3) is 5.91 Å². The van der Waals surface area contributed by atoms with Gasteiger partial charge in [-0.15, -0.1) is 0 Å². The molecule has 0 saturated heterocycles. The van der Waals surface area contributed by atoms with Crippen molar-refractivity contribution >= 4 is 11.6 Å². The molecule has 4 heteroatoms. The second-order valence-corrected chi connectivity index (χ2v) is 3.48. The minimum Gasteiger partial charge on any atom is -0.396 e. The summed E-state index contributed by atoms with van der Waals surface area (Å²) in [6, 6.07) is 4.27. The van der Waals surface area contributed by atoms with E-state index < -0.39 is 5.82 Å². The lowest BCUT2D eigenvalue weighted by Crippen LogP contribution is -2.32. The molecule has 0 heterocycles. The third-order valence-electron chi connectivity index (χ3n) is 2.29. The first-order valence-electron chi connectivity index (χ1n) is 4.91. The minimum absolute atomic E-state index is 0.0557. The number of benzene rings is 1. The van der Waals surface area contributed by atoms with E-state index >= 15 is 0 Å². The van der Waals surface area contributed by atoms with Crippen LogP contribution in [0.1, 0.15) is 30.6 Å². The quantitative estimate of drug-likeness (QED) is 0.749. The normalized spacial score (nSPS) is 12.2. The fraction of sp³-hybridized carbons (Fsp3) is 0.364. The first-order chi connectivity index (χ1) is 7.06. The number of hydrogen-bond donors (Lipinski definition) is 2. The van der Waals surface area contributed by atoms with Crippen LogP contribution in [-0.4, -0.2) is 11.9 Å². The van der Waals surface area contributed by atoms with Gasteiger partial charge >= 0.3 is 0 Å². The molecule has 1 atom stereocenters. The standard InChI is InChI=1S/C11H15FN2O/c1-3-7(2)14-11(15)8-5-4-6-9(12)10(8)13/h4-7H,3,13H2,1-2H3,(H,14,15). The number of amides is 1. The summed E-state index contributed by atoms with van der Waals surface area (Å²) in [6.45, 7) is 3.84. The van der Waals surface area contributed by atoms with Crippen LogP contribution in [0, 0.1) is 5.82 Å². The van der Waals surface area contributed by atoms with E-state index in [1.54, 1.807) is 0 Å². The fourth-order valence-electron chi connectivity index (χ4n) is 1.14. The molecule has 3 nitrogen and oxygen atoms in total. The van der Waals surface area contributed by atoms with E-state index in [4.69, 9.17) is 5.73 Å². The maximum atomic E-state index is 13.1. The van der Waals surface area contributed by atoms with Crippen molar-refractivity contribution in [2.45, 2.75) is 26.3 Å². The van der Waals surface area contributed by atoms with Crippen LogP contribution in [0.4, 0.5) is 10.1 Å². The summed E-state index contributed by atoms with van der Waals surface area (Å²) in [7, 11) is 0. The number of para-hydroxylation sites is 1. The number of rotatable bonds is 3. The van der Waals surface area contributed by atoms with Gasteiger partial charge in [0.15, 0.2) is 0 Å². The molecule has 0 aromatic heterocycles. The molecule has 1 aromatic carbocycles. The van der Waals surface area contributed by atoms with E-state index in [-0.39, 0.29) is 23.2 Å². The zero-order valence-corrected chi connectivity index (χ0v) is 8.88. The van der Waals surface area contributed by atoms with Crippen LogP contribution < -0.4 is 11.1 Å². The number of nitrogens with two attached hydrogens (primary N) is 1. The molecule has 0 bridgehead atoms. The molecular weight excluding hydrogens is 195 g/mol. The minimum atomic E-state index is -0.563. The summed E-state index contributed by atoms with van der Waals surface area (Å²) in [5.74, 6) is -0.895. The Hall–Kier alpha value is -1.58. The predicted molar refractivity (Wildman–Crippen MR) is 58.0 cm³/mol. The van der Waals surface area contributed by atoms with Crippen molar-refractivity contribution < 1.29 is 9.18 Å². The summed E-state index contributed by atoms with van der Waals surface area (Å²) in [5.41, 5.74) is 5.56. The Morgan fingerprint density at radius 2 is 2.27 bits per heavy atom. The monoisotopic (exact) mass is 210 g/mol. The van der Waals surface area contributed by atoms with E-state index in [9.17, 15) is 9.18 Å². The van der Waals surface area contributed by atoms with Crippen LogP contribution >= 0.6 is 0 Å². The molecule has 15 heavy (non-hydrogen) atoms. The predicted octanol–water partition coefficient (Wildman–Crippen LogP) is 1.94. The van der Waals surface area contributed by atoms with Crippen molar-refractivity contribution in [3.8, 4) is 0 Å². The third kappa shape index (κ3) is 2.68. The van der Waals surface area contributed by atoms with E-state index in [0.717, 1.165) is 6.42 Å². The van der Waals surface area contributed by atoms with Crippen molar-refractivity contribution in [1.29, 1.82) is 0 Å². The zero-order chi connectivity index (χ0) is 11.4. The maximum absolute atomic E-state index is 13.1. The lowest BCUT2D eigenvalue weighted by atomic mass is 10.1. The molecule has 1 rings (SSSR count). The first-order valence-corrected chi connectivity index (χ1v) is 4.91. The summed E-state index contributed by atoms with van der Waals surface area (Å²) in [4.78, 5) is 11.6. The Kier molecular flexibility index (Phi) is 3.66. The average molecular weight is 210 g/mol. The fourth-order valence-corrected chi connectivity index (χ4v) is 1.14. The lowest BCUT2D eigenvalue weighted by Gasteiger charge is -2.12. The average Bonchev–Trinajstić information content (AvgIpc) is 2.21. The molecule has 1 aromatic rings. The Balaban J connectivity index is 2.87. The van der Waals surface area contributed by atoms with E-state index in [1.807, 2.05) is 13.8 Å². The molecule has 3 N–H and O–H groups in total. The Labute approximate surface area is 88.5 Å². The molecule has 0 saturated carbocycles. The first kappa shape index (κ1) is 11.5. The third-order valence-corrected chi connectivity index (χ3v) is 2.29. The van der Waals surface area contributed by atoms with Crippen LogP contribution in [0.2, 0.25) is 0 Å². The van der Waals surface area contributed by atoms with E-state index in [0.29, 0.717) is 0 Å². The molecule has 1 unspecified atom stereocenters. The Bertz CT molecular complexity index is 366. The maximum Gasteiger partial charge on any atom is 0.253 e. The van der Waals surface area contributed by atoms with Gasteiger partial charge in [0, 0.05) is 6.04 Å². The van der Waals surface area contributed by atoms with Crippen molar-refractivity contribution in [3.63, 3.8) is 0 Å². The van der Waals surface area contributed by atoms with Crippen molar-refractivity contribution in [2.24, 2.45) is 0 Å². The van der Waals surface area contributed by atoms with Gasteiger partial charge in [-0.3, -0.25) is 4.79 Å². The SMILES string of the molecule is CCC(C)NC(=O)c1cccc(F)c1N. The molecule has 0 aliphatic rings. The second kappa shape index (κ2) is 4.77. The van der Waals surface area contributed by atoms with Crippen LogP contribution in [0.5, 0.6) is 0 Å². The Morgan fingerprint density at radius 3 is 2.87 bits per heavy atom. The van der Waals surface area contributed by atoms with Crippen molar-refractivity contribution in [1.82, 2.24) is 5.32 Å². The number of hydrogen-bond acceptors (Lipinski definition) is 2. The summed E-state index contributed by atoms with van der Waals surface area (Å²) < 4.78 is 13.1. The highest BCUT2D eigenvalue weighted by Gasteiger charge is 2.13. The molecule has 0 aliphatic heterocycles. The smallest absolute Gasteiger partial charge is 0.253 e. The van der Waals surface area contributed by atoms with Crippen LogP contribution in [-0.2, 0) is 0 Å². The summed E-state index contributed by atoms with van der Waals surface area (Å²) in [6.07, 6.45) is 0.820. The van der Waals surface area contributed by atoms with Crippen LogP contribution in [0.25, 0.3) is 0 Å². The Morgan fingerprint density at radius 1 is 1.60 bits per heavy atom. The second-order valence-electron chi connectivity index (χ2n) is 3.48. The van der Waals surface area contributed by atoms with Gasteiger partial charge in [-0.25, -0.2) is 4.39 Å². The summed E-state index contributed by atoms with van der Waals surface area (Å²) in [5, 5.41) is 2.73.